The van der Waals surface area contributed by atoms with Gasteiger partial charge in [0, 0.05) is 16.9 Å². The monoisotopic (exact) mass is 489 g/mol. The minimum absolute atomic E-state index is 0.0593. The molecule has 0 spiro atoms. The van der Waals surface area contributed by atoms with E-state index in [4.69, 9.17) is 16.3 Å². The van der Waals surface area contributed by atoms with Gasteiger partial charge < -0.3 is 15.4 Å². The van der Waals surface area contributed by atoms with Crippen LogP contribution in [0.4, 0.5) is 11.4 Å². The van der Waals surface area contributed by atoms with E-state index in [0.29, 0.717) is 16.9 Å². The average molecular weight is 490 g/mol. The van der Waals surface area contributed by atoms with Crippen molar-refractivity contribution in [1.82, 2.24) is 4.90 Å². The van der Waals surface area contributed by atoms with E-state index in [1.54, 1.807) is 36.4 Å². The molecule has 4 rings (SSSR count). The molecule has 1 heterocycles. The molecule has 0 unspecified atom stereocenters. The summed E-state index contributed by atoms with van der Waals surface area (Å²) in [7, 11) is 1.28. The highest BCUT2D eigenvalue weighted by Gasteiger charge is 2.37. The third kappa shape index (κ3) is 5.23. The molecule has 0 bridgehead atoms. The lowest BCUT2D eigenvalue weighted by molar-refractivity contribution is -0.138. The van der Waals surface area contributed by atoms with Gasteiger partial charge in [0.05, 0.1) is 19.2 Å². The number of nitrogens with one attached hydrogen (secondary N) is 2. The van der Waals surface area contributed by atoms with E-state index < -0.39 is 23.7 Å². The van der Waals surface area contributed by atoms with E-state index in [2.05, 4.69) is 10.6 Å². The lowest BCUT2D eigenvalue weighted by Crippen LogP contribution is -2.31. The van der Waals surface area contributed by atoms with Gasteiger partial charge in [0.2, 0.25) is 0 Å². The van der Waals surface area contributed by atoms with Crippen molar-refractivity contribution in [2.24, 2.45) is 0 Å². The summed E-state index contributed by atoms with van der Waals surface area (Å²) in [5.41, 5.74) is 2.12. The first-order chi connectivity index (χ1) is 16.9. The van der Waals surface area contributed by atoms with Crippen LogP contribution in [-0.2, 0) is 20.9 Å². The Labute approximate surface area is 206 Å². The number of carbonyl (C=O) groups excluding carboxylic acids is 4. The molecule has 0 radical (unpaired) electrons. The molecule has 0 saturated carbocycles. The number of ether oxygens (including phenoxy) is 1. The Hall–Kier alpha value is -4.43. The second kappa shape index (κ2) is 10.2. The van der Waals surface area contributed by atoms with Crippen LogP contribution in [0.15, 0.2) is 89.6 Å². The van der Waals surface area contributed by atoms with E-state index in [1.807, 2.05) is 30.3 Å². The van der Waals surface area contributed by atoms with Crippen molar-refractivity contribution >= 4 is 46.7 Å². The van der Waals surface area contributed by atoms with Crippen molar-refractivity contribution in [3.8, 4) is 0 Å². The maximum Gasteiger partial charge on any atom is 0.337 e. The molecule has 0 fully saturated rings. The molecule has 1 aliphatic rings. The summed E-state index contributed by atoms with van der Waals surface area (Å²) in [6.07, 6.45) is 0. The van der Waals surface area contributed by atoms with Gasteiger partial charge in [-0.3, -0.25) is 19.3 Å². The smallest absolute Gasteiger partial charge is 0.337 e. The van der Waals surface area contributed by atoms with Gasteiger partial charge in [0.15, 0.2) is 0 Å². The molecule has 176 valence electrons. The summed E-state index contributed by atoms with van der Waals surface area (Å²) in [6.45, 7) is 0.0903. The number of hydrogen-bond acceptors (Lipinski definition) is 6. The number of nitrogens with zero attached hydrogens (tertiary/aromatic N) is 1. The maximum absolute atomic E-state index is 12.9. The largest absolute Gasteiger partial charge is 0.465 e. The number of carbonyl (C=O) groups is 4. The zero-order chi connectivity index (χ0) is 24.9. The summed E-state index contributed by atoms with van der Waals surface area (Å²) < 4.78 is 4.70. The molecule has 8 nitrogen and oxygen atoms in total. The van der Waals surface area contributed by atoms with Crippen LogP contribution in [0.3, 0.4) is 0 Å². The Kier molecular flexibility index (Phi) is 6.93. The van der Waals surface area contributed by atoms with Crippen molar-refractivity contribution < 1.29 is 23.9 Å². The third-order valence-electron chi connectivity index (χ3n) is 5.23. The molecule has 2 N–H and O–H groups in total. The van der Waals surface area contributed by atoms with Gasteiger partial charge in [-0.2, -0.15) is 0 Å². The lowest BCUT2D eigenvalue weighted by atomic mass is 10.1. The van der Waals surface area contributed by atoms with E-state index >= 15 is 0 Å². The van der Waals surface area contributed by atoms with Gasteiger partial charge in [0.1, 0.15) is 10.7 Å². The Balaban J connectivity index is 1.48. The van der Waals surface area contributed by atoms with E-state index in [0.717, 1.165) is 10.5 Å². The maximum atomic E-state index is 12.9. The molecule has 0 atom stereocenters. The lowest BCUT2D eigenvalue weighted by Gasteiger charge is -2.15. The second-order valence-electron chi connectivity index (χ2n) is 7.60. The molecule has 0 aliphatic carbocycles. The summed E-state index contributed by atoms with van der Waals surface area (Å²) in [5, 5.41) is 5.37. The minimum atomic E-state index is -0.595. The topological polar surface area (TPSA) is 105 Å². The van der Waals surface area contributed by atoms with Crippen molar-refractivity contribution in [3.05, 3.63) is 106 Å². The molecule has 3 aromatic rings. The fraction of sp³-hybridized carbons (Fsp3) is 0.0769. The highest BCUT2D eigenvalue weighted by molar-refractivity contribution is 6.48. The Bertz CT molecular complexity index is 1350. The summed E-state index contributed by atoms with van der Waals surface area (Å²) in [4.78, 5) is 51.0. The number of rotatable bonds is 7. The van der Waals surface area contributed by atoms with Gasteiger partial charge in [-0.1, -0.05) is 54.1 Å². The molecular formula is C26H20ClN3O5. The van der Waals surface area contributed by atoms with Crippen LogP contribution in [-0.4, -0.2) is 35.7 Å². The van der Waals surface area contributed by atoms with E-state index in [9.17, 15) is 19.2 Å². The number of hydrogen-bond donors (Lipinski definition) is 2. The molecular weight excluding hydrogens is 470 g/mol. The Morgan fingerprint density at radius 1 is 0.857 bits per heavy atom. The zero-order valence-corrected chi connectivity index (χ0v) is 19.3. The molecule has 1 aliphatic heterocycles. The van der Waals surface area contributed by atoms with Crippen LogP contribution in [0.25, 0.3) is 0 Å². The number of esters is 1. The minimum Gasteiger partial charge on any atom is -0.465 e. The standard InChI is InChI=1S/C26H20ClN3O5/c1-35-26(34)18-10-6-12-20(14-18)29-23(31)17-9-5-11-19(13-17)28-22-21(27)24(32)30(25(22)33)15-16-7-3-2-4-8-16/h2-14,28H,15H2,1H3,(H,29,31). The fourth-order valence-corrected chi connectivity index (χ4v) is 3.72. The van der Waals surface area contributed by atoms with Gasteiger partial charge in [-0.15, -0.1) is 0 Å². The van der Waals surface area contributed by atoms with Gasteiger partial charge >= 0.3 is 5.97 Å². The van der Waals surface area contributed by atoms with Crippen LogP contribution in [0, 0.1) is 0 Å². The zero-order valence-electron chi connectivity index (χ0n) is 18.6. The first kappa shape index (κ1) is 23.7. The van der Waals surface area contributed by atoms with Gasteiger partial charge in [0.25, 0.3) is 17.7 Å². The van der Waals surface area contributed by atoms with Crippen LogP contribution in [0.2, 0.25) is 0 Å². The van der Waals surface area contributed by atoms with Crippen molar-refractivity contribution in [1.29, 1.82) is 0 Å². The van der Waals surface area contributed by atoms with E-state index in [-0.39, 0.29) is 22.8 Å². The average Bonchev–Trinajstić information content (AvgIpc) is 3.07. The number of halogens is 1. The van der Waals surface area contributed by atoms with Gasteiger partial charge in [-0.25, -0.2) is 4.79 Å². The number of anilines is 2. The number of amides is 3. The number of methoxy groups -OCH3 is 1. The van der Waals surface area contributed by atoms with E-state index in [1.165, 1.54) is 19.2 Å². The van der Waals surface area contributed by atoms with Crippen LogP contribution in [0.1, 0.15) is 26.3 Å². The van der Waals surface area contributed by atoms with Crippen LogP contribution >= 0.6 is 11.6 Å². The Morgan fingerprint density at radius 2 is 1.51 bits per heavy atom. The van der Waals surface area contributed by atoms with Crippen molar-refractivity contribution in [2.45, 2.75) is 6.54 Å². The summed E-state index contributed by atoms with van der Waals surface area (Å²) >= 11 is 6.18. The first-order valence-corrected chi connectivity index (χ1v) is 10.9. The van der Waals surface area contributed by atoms with Gasteiger partial charge in [-0.05, 0) is 42.0 Å². The normalized spacial score (nSPS) is 13.1. The first-order valence-electron chi connectivity index (χ1n) is 10.5. The summed E-state index contributed by atoms with van der Waals surface area (Å²) in [5.74, 6) is -2.11. The van der Waals surface area contributed by atoms with Crippen LogP contribution in [0.5, 0.6) is 0 Å². The molecule has 0 aromatic heterocycles. The highest BCUT2D eigenvalue weighted by atomic mass is 35.5. The quantitative estimate of drug-likeness (QED) is 0.381. The highest BCUT2D eigenvalue weighted by Crippen LogP contribution is 2.27. The molecule has 3 amide bonds. The van der Waals surface area contributed by atoms with Crippen LogP contribution < -0.4 is 10.6 Å². The van der Waals surface area contributed by atoms with Crippen molar-refractivity contribution in [2.75, 3.05) is 17.7 Å². The SMILES string of the molecule is COC(=O)c1cccc(NC(=O)c2cccc(NC3=C(Cl)C(=O)N(Cc4ccccc4)C3=O)c2)c1. The second-order valence-corrected chi connectivity index (χ2v) is 7.98. The molecule has 35 heavy (non-hydrogen) atoms. The Morgan fingerprint density at radius 3 is 2.23 bits per heavy atom. The predicted molar refractivity (Wildman–Crippen MR) is 131 cm³/mol. The molecule has 9 heteroatoms. The third-order valence-corrected chi connectivity index (χ3v) is 5.58. The van der Waals surface area contributed by atoms with Crippen molar-refractivity contribution in [3.63, 3.8) is 0 Å². The molecule has 3 aromatic carbocycles. The summed E-state index contributed by atoms with van der Waals surface area (Å²) in [6, 6.07) is 21.8. The fourth-order valence-electron chi connectivity index (χ4n) is 3.49. The molecule has 0 saturated heterocycles. The predicted octanol–water partition coefficient (Wildman–Crippen LogP) is 4.16. The number of benzene rings is 3. The number of imide groups is 1.